The summed E-state index contributed by atoms with van der Waals surface area (Å²) < 4.78 is 27.3. The Kier molecular flexibility index (Phi) is 7.03. The van der Waals surface area contributed by atoms with Crippen LogP contribution in [0.15, 0.2) is 35.2 Å². The number of sulfonamides is 1. The minimum Gasteiger partial charge on any atom is -0.322 e. The monoisotopic (exact) mass is 424 g/mol. The fourth-order valence-corrected chi connectivity index (χ4v) is 3.77. The summed E-state index contributed by atoms with van der Waals surface area (Å²) in [6.07, 6.45) is 2.96. The van der Waals surface area contributed by atoms with E-state index in [1.165, 1.54) is 32.3 Å². The van der Waals surface area contributed by atoms with Crippen LogP contribution in [0.3, 0.4) is 0 Å². The SMILES string of the molecule is Cc1nn(CC(C)C)c(Cl)c1/C=C/C(=O)Nc1cccc(S(=O)(=O)N(C)C)c1. The second-order valence-electron chi connectivity index (χ2n) is 7.00. The van der Waals surface area contributed by atoms with Crippen LogP contribution in [0.4, 0.5) is 5.69 Å². The summed E-state index contributed by atoms with van der Waals surface area (Å²) in [6, 6.07) is 6.10. The van der Waals surface area contributed by atoms with E-state index in [4.69, 9.17) is 11.6 Å². The molecule has 2 aromatic rings. The van der Waals surface area contributed by atoms with Crippen molar-refractivity contribution in [3.05, 3.63) is 46.8 Å². The average Bonchev–Trinajstić information content (AvgIpc) is 2.86. The molecule has 0 saturated heterocycles. The Morgan fingerprint density at radius 2 is 2.04 bits per heavy atom. The van der Waals surface area contributed by atoms with Gasteiger partial charge in [0.1, 0.15) is 5.15 Å². The molecule has 0 saturated carbocycles. The first-order valence-corrected chi connectivity index (χ1v) is 10.6. The molecule has 2 rings (SSSR count). The molecule has 1 amide bonds. The molecule has 1 aromatic carbocycles. The van der Waals surface area contributed by atoms with Crippen LogP contribution in [0.1, 0.15) is 25.1 Å². The number of nitrogens with zero attached hydrogens (tertiary/aromatic N) is 3. The second kappa shape index (κ2) is 8.89. The Hall–Kier alpha value is -2.16. The Balaban J connectivity index is 2.16. The fraction of sp³-hybridized carbons (Fsp3) is 0.368. The van der Waals surface area contributed by atoms with Crippen LogP contribution in [0.25, 0.3) is 6.08 Å². The van der Waals surface area contributed by atoms with Crippen molar-refractivity contribution in [3.63, 3.8) is 0 Å². The number of anilines is 1. The van der Waals surface area contributed by atoms with Gasteiger partial charge in [0.2, 0.25) is 15.9 Å². The zero-order valence-corrected chi connectivity index (χ0v) is 18.2. The lowest BCUT2D eigenvalue weighted by atomic mass is 10.2. The number of hydrogen-bond donors (Lipinski definition) is 1. The highest BCUT2D eigenvalue weighted by molar-refractivity contribution is 7.89. The summed E-state index contributed by atoms with van der Waals surface area (Å²) in [6.45, 7) is 6.66. The molecule has 9 heteroatoms. The molecule has 0 bridgehead atoms. The maximum atomic E-state index is 12.3. The van der Waals surface area contributed by atoms with Gasteiger partial charge in [-0.2, -0.15) is 5.10 Å². The van der Waals surface area contributed by atoms with Crippen molar-refractivity contribution in [1.29, 1.82) is 0 Å². The maximum Gasteiger partial charge on any atom is 0.248 e. The van der Waals surface area contributed by atoms with Crippen LogP contribution >= 0.6 is 11.6 Å². The average molecular weight is 425 g/mol. The molecule has 28 heavy (non-hydrogen) atoms. The van der Waals surface area contributed by atoms with Gasteiger partial charge in [0.05, 0.1) is 10.6 Å². The Bertz CT molecular complexity index is 995. The van der Waals surface area contributed by atoms with Gasteiger partial charge in [-0.3, -0.25) is 9.48 Å². The highest BCUT2D eigenvalue weighted by Crippen LogP contribution is 2.22. The van der Waals surface area contributed by atoms with E-state index < -0.39 is 15.9 Å². The third-order valence-corrected chi connectivity index (χ3v) is 6.14. The number of carbonyl (C=O) groups is 1. The van der Waals surface area contributed by atoms with Gasteiger partial charge in [-0.1, -0.05) is 31.5 Å². The first kappa shape index (κ1) is 22.1. The topological polar surface area (TPSA) is 84.3 Å². The molecule has 0 aliphatic carbocycles. The van der Waals surface area contributed by atoms with E-state index in [1.54, 1.807) is 22.9 Å². The molecule has 0 unspecified atom stereocenters. The van der Waals surface area contributed by atoms with Crippen LogP contribution in [-0.4, -0.2) is 42.5 Å². The number of aromatic nitrogens is 2. The van der Waals surface area contributed by atoms with Crippen molar-refractivity contribution in [2.24, 2.45) is 5.92 Å². The standard InChI is InChI=1S/C19H25ClN4O3S/c1-13(2)12-24-19(20)17(14(3)22-24)9-10-18(25)21-15-7-6-8-16(11-15)28(26,27)23(4)5/h6-11,13H,12H2,1-5H3,(H,21,25)/b10-9+. The van der Waals surface area contributed by atoms with Crippen molar-refractivity contribution in [1.82, 2.24) is 14.1 Å². The minimum absolute atomic E-state index is 0.105. The van der Waals surface area contributed by atoms with E-state index in [-0.39, 0.29) is 4.90 Å². The largest absolute Gasteiger partial charge is 0.322 e. The molecule has 0 radical (unpaired) electrons. The van der Waals surface area contributed by atoms with E-state index in [0.29, 0.717) is 28.9 Å². The number of hydrogen-bond acceptors (Lipinski definition) is 4. The Morgan fingerprint density at radius 1 is 1.36 bits per heavy atom. The van der Waals surface area contributed by atoms with Crippen LogP contribution in [0.5, 0.6) is 0 Å². The lowest BCUT2D eigenvalue weighted by Gasteiger charge is -2.12. The van der Waals surface area contributed by atoms with E-state index >= 15 is 0 Å². The summed E-state index contributed by atoms with van der Waals surface area (Å²) in [5, 5.41) is 7.54. The van der Waals surface area contributed by atoms with Crippen molar-refractivity contribution in [3.8, 4) is 0 Å². The van der Waals surface area contributed by atoms with Crippen molar-refractivity contribution < 1.29 is 13.2 Å². The third kappa shape index (κ3) is 5.21. The lowest BCUT2D eigenvalue weighted by molar-refractivity contribution is -0.111. The number of benzene rings is 1. The second-order valence-corrected chi connectivity index (χ2v) is 9.51. The predicted molar refractivity (Wildman–Crippen MR) is 112 cm³/mol. The number of amides is 1. The molecule has 0 spiro atoms. The Labute approximate surface area is 171 Å². The summed E-state index contributed by atoms with van der Waals surface area (Å²) in [7, 11) is -0.667. The molecule has 0 aliphatic heterocycles. The number of rotatable bonds is 7. The van der Waals surface area contributed by atoms with Gasteiger partial charge in [-0.15, -0.1) is 0 Å². The van der Waals surface area contributed by atoms with Crippen LogP contribution in [-0.2, 0) is 21.4 Å². The van der Waals surface area contributed by atoms with E-state index in [9.17, 15) is 13.2 Å². The van der Waals surface area contributed by atoms with Crippen molar-refractivity contribution in [2.75, 3.05) is 19.4 Å². The Morgan fingerprint density at radius 3 is 2.64 bits per heavy atom. The highest BCUT2D eigenvalue weighted by atomic mass is 35.5. The van der Waals surface area contributed by atoms with Gasteiger partial charge in [0.25, 0.3) is 0 Å². The van der Waals surface area contributed by atoms with Gasteiger partial charge in [0, 0.05) is 38.0 Å². The lowest BCUT2D eigenvalue weighted by Crippen LogP contribution is -2.22. The highest BCUT2D eigenvalue weighted by Gasteiger charge is 2.17. The predicted octanol–water partition coefficient (Wildman–Crippen LogP) is 3.40. The number of carbonyl (C=O) groups excluding carboxylic acids is 1. The molecule has 1 aromatic heterocycles. The summed E-state index contributed by atoms with van der Waals surface area (Å²) >= 11 is 6.36. The maximum absolute atomic E-state index is 12.3. The molecule has 7 nitrogen and oxygen atoms in total. The quantitative estimate of drug-likeness (QED) is 0.690. The molecule has 0 aliphatic rings. The molecule has 0 atom stereocenters. The van der Waals surface area contributed by atoms with Crippen LogP contribution < -0.4 is 5.32 Å². The molecule has 1 N–H and O–H groups in total. The zero-order chi connectivity index (χ0) is 21.1. The molecule has 1 heterocycles. The number of halogens is 1. The summed E-state index contributed by atoms with van der Waals surface area (Å²) in [5.74, 6) is -0.00544. The van der Waals surface area contributed by atoms with Crippen molar-refractivity contribution in [2.45, 2.75) is 32.2 Å². The smallest absolute Gasteiger partial charge is 0.248 e. The molecule has 152 valence electrons. The van der Waals surface area contributed by atoms with Gasteiger partial charge >= 0.3 is 0 Å². The molecular weight excluding hydrogens is 400 g/mol. The molecule has 0 fully saturated rings. The molecular formula is C19H25ClN4O3S. The third-order valence-electron chi connectivity index (χ3n) is 3.93. The number of aryl methyl sites for hydroxylation is 1. The van der Waals surface area contributed by atoms with Crippen LogP contribution in [0.2, 0.25) is 5.15 Å². The summed E-state index contributed by atoms with van der Waals surface area (Å²) in [5.41, 5.74) is 1.80. The van der Waals surface area contributed by atoms with Crippen molar-refractivity contribution >= 4 is 39.3 Å². The zero-order valence-electron chi connectivity index (χ0n) is 16.6. The van der Waals surface area contributed by atoms with Gasteiger partial charge in [-0.05, 0) is 37.1 Å². The first-order valence-electron chi connectivity index (χ1n) is 8.77. The van der Waals surface area contributed by atoms with Crippen LogP contribution in [0, 0.1) is 12.8 Å². The first-order chi connectivity index (χ1) is 13.0. The van der Waals surface area contributed by atoms with Gasteiger partial charge in [-0.25, -0.2) is 12.7 Å². The van der Waals surface area contributed by atoms with E-state index in [1.807, 2.05) is 6.92 Å². The van der Waals surface area contributed by atoms with E-state index in [0.717, 1.165) is 10.00 Å². The van der Waals surface area contributed by atoms with Gasteiger partial charge in [0.15, 0.2) is 0 Å². The fourth-order valence-electron chi connectivity index (χ4n) is 2.51. The number of nitrogens with one attached hydrogen (secondary N) is 1. The van der Waals surface area contributed by atoms with E-state index in [2.05, 4.69) is 24.3 Å². The van der Waals surface area contributed by atoms with Gasteiger partial charge < -0.3 is 5.32 Å². The normalized spacial score (nSPS) is 12.3. The minimum atomic E-state index is -3.57. The summed E-state index contributed by atoms with van der Waals surface area (Å²) in [4.78, 5) is 12.4.